The van der Waals surface area contributed by atoms with Gasteiger partial charge in [0, 0.05) is 19.0 Å². The first-order valence-electron chi connectivity index (χ1n) is 5.77. The van der Waals surface area contributed by atoms with E-state index < -0.39 is 5.41 Å². The van der Waals surface area contributed by atoms with E-state index in [-0.39, 0.29) is 24.8 Å². The fourth-order valence-corrected chi connectivity index (χ4v) is 2.43. The molecule has 1 aliphatic rings. The number of nitrogens with zero attached hydrogens (tertiary/aromatic N) is 3. The van der Waals surface area contributed by atoms with E-state index >= 15 is 0 Å². The van der Waals surface area contributed by atoms with Crippen LogP contribution in [0.25, 0.3) is 0 Å². The van der Waals surface area contributed by atoms with Crippen molar-refractivity contribution in [3.8, 4) is 0 Å². The number of carbonyl (C=O) groups is 2. The van der Waals surface area contributed by atoms with Crippen LogP contribution in [0.4, 0.5) is 0 Å². The number of hydrogen-bond acceptors (Lipinski definition) is 3. The second-order valence-electron chi connectivity index (χ2n) is 5.32. The molecule has 1 saturated heterocycles. The number of imide groups is 1. The Labute approximate surface area is 111 Å². The predicted octanol–water partition coefficient (Wildman–Crippen LogP) is 1.67. The van der Waals surface area contributed by atoms with Crippen molar-refractivity contribution in [3.63, 3.8) is 0 Å². The van der Waals surface area contributed by atoms with Gasteiger partial charge in [-0.3, -0.25) is 19.2 Å². The molecule has 1 aliphatic heterocycles. The Morgan fingerprint density at radius 2 is 2.00 bits per heavy atom. The minimum absolute atomic E-state index is 0.146. The van der Waals surface area contributed by atoms with Crippen molar-refractivity contribution in [2.45, 2.75) is 33.7 Å². The van der Waals surface area contributed by atoms with Crippen LogP contribution in [0, 0.1) is 12.3 Å². The van der Waals surface area contributed by atoms with Crippen LogP contribution in [-0.2, 0) is 23.2 Å². The number of aromatic nitrogens is 2. The molecule has 18 heavy (non-hydrogen) atoms. The summed E-state index contributed by atoms with van der Waals surface area (Å²) in [6.07, 6.45) is 0.253. The highest BCUT2D eigenvalue weighted by atomic mass is 35.5. The quantitative estimate of drug-likeness (QED) is 0.768. The smallest absolute Gasteiger partial charge is 0.235 e. The van der Waals surface area contributed by atoms with Crippen LogP contribution in [0.5, 0.6) is 0 Å². The van der Waals surface area contributed by atoms with Gasteiger partial charge in [0.2, 0.25) is 11.8 Å². The van der Waals surface area contributed by atoms with Gasteiger partial charge in [0.15, 0.2) is 0 Å². The summed E-state index contributed by atoms with van der Waals surface area (Å²) in [6.45, 7) is 5.59. The molecule has 5 nitrogen and oxygen atoms in total. The number of halogens is 1. The molecule has 0 saturated carbocycles. The maximum absolute atomic E-state index is 12.1. The van der Waals surface area contributed by atoms with Crippen molar-refractivity contribution in [2.75, 3.05) is 0 Å². The van der Waals surface area contributed by atoms with Gasteiger partial charge in [-0.25, -0.2) is 0 Å². The fourth-order valence-electron chi connectivity index (χ4n) is 2.20. The van der Waals surface area contributed by atoms with Crippen molar-refractivity contribution in [1.82, 2.24) is 14.7 Å². The van der Waals surface area contributed by atoms with Crippen LogP contribution >= 0.6 is 11.6 Å². The zero-order valence-electron chi connectivity index (χ0n) is 11.0. The summed E-state index contributed by atoms with van der Waals surface area (Å²) in [7, 11) is 1.73. The Morgan fingerprint density at radius 1 is 1.39 bits per heavy atom. The number of aryl methyl sites for hydroxylation is 2. The lowest BCUT2D eigenvalue weighted by Gasteiger charge is -2.17. The molecule has 2 heterocycles. The normalized spacial score (nSPS) is 18.8. The second-order valence-corrected chi connectivity index (χ2v) is 5.68. The Hall–Kier alpha value is -1.36. The maximum atomic E-state index is 12.1. The van der Waals surface area contributed by atoms with E-state index in [1.807, 2.05) is 6.92 Å². The average molecular weight is 270 g/mol. The second kappa shape index (κ2) is 4.09. The van der Waals surface area contributed by atoms with E-state index in [4.69, 9.17) is 11.6 Å². The van der Waals surface area contributed by atoms with Gasteiger partial charge in [-0.2, -0.15) is 5.10 Å². The largest absolute Gasteiger partial charge is 0.277 e. The summed E-state index contributed by atoms with van der Waals surface area (Å²) in [5.74, 6) is -0.295. The number of amides is 2. The highest BCUT2D eigenvalue weighted by Crippen LogP contribution is 2.33. The van der Waals surface area contributed by atoms with Gasteiger partial charge < -0.3 is 0 Å². The molecule has 0 unspecified atom stereocenters. The molecule has 2 amide bonds. The summed E-state index contributed by atoms with van der Waals surface area (Å²) in [6, 6.07) is 0. The van der Waals surface area contributed by atoms with E-state index in [1.165, 1.54) is 4.90 Å². The number of likely N-dealkylation sites (tertiary alicyclic amines) is 1. The summed E-state index contributed by atoms with van der Waals surface area (Å²) in [5.41, 5.74) is 0.867. The average Bonchev–Trinajstić information content (AvgIpc) is 2.59. The molecule has 0 atom stereocenters. The first-order valence-corrected chi connectivity index (χ1v) is 6.14. The number of rotatable bonds is 2. The van der Waals surface area contributed by atoms with Gasteiger partial charge >= 0.3 is 0 Å². The summed E-state index contributed by atoms with van der Waals surface area (Å²) in [4.78, 5) is 25.2. The standard InChI is InChI=1S/C12H16ClN3O2/c1-7-8(10(13)15(4)14-7)6-16-9(17)5-12(2,3)11(16)18/h5-6H2,1-4H3. The molecule has 0 aromatic carbocycles. The third-order valence-electron chi connectivity index (χ3n) is 3.30. The molecule has 1 aromatic heterocycles. The minimum Gasteiger partial charge on any atom is -0.277 e. The SMILES string of the molecule is Cc1nn(C)c(Cl)c1CN1C(=O)CC(C)(C)C1=O. The molecular weight excluding hydrogens is 254 g/mol. The molecule has 0 aliphatic carbocycles. The van der Waals surface area contributed by atoms with Crippen molar-refractivity contribution in [2.24, 2.45) is 12.5 Å². The Bertz CT molecular complexity index is 534. The molecular formula is C12H16ClN3O2. The summed E-state index contributed by atoms with van der Waals surface area (Å²) in [5, 5.41) is 4.64. The molecule has 98 valence electrons. The van der Waals surface area contributed by atoms with Crippen molar-refractivity contribution < 1.29 is 9.59 Å². The maximum Gasteiger partial charge on any atom is 0.235 e. The Balaban J connectivity index is 2.30. The van der Waals surface area contributed by atoms with Gasteiger partial charge in [0.05, 0.1) is 17.7 Å². The van der Waals surface area contributed by atoms with Crippen LogP contribution in [0.3, 0.4) is 0 Å². The molecule has 1 aromatic rings. The third-order valence-corrected chi connectivity index (χ3v) is 3.78. The zero-order valence-corrected chi connectivity index (χ0v) is 11.7. The van der Waals surface area contributed by atoms with Gasteiger partial charge in [-0.15, -0.1) is 0 Å². The molecule has 0 N–H and O–H groups in total. The Morgan fingerprint density at radius 3 is 2.39 bits per heavy atom. The van der Waals surface area contributed by atoms with Gasteiger partial charge in [-0.1, -0.05) is 25.4 Å². The molecule has 0 radical (unpaired) electrons. The Kier molecular flexibility index (Phi) is 2.97. The lowest BCUT2D eigenvalue weighted by molar-refractivity contribution is -0.141. The van der Waals surface area contributed by atoms with Gasteiger partial charge in [0.1, 0.15) is 5.15 Å². The first-order chi connectivity index (χ1) is 8.24. The van der Waals surface area contributed by atoms with Crippen LogP contribution in [0.1, 0.15) is 31.5 Å². The van der Waals surface area contributed by atoms with Crippen LogP contribution in [-0.4, -0.2) is 26.5 Å². The molecule has 0 bridgehead atoms. The number of hydrogen-bond donors (Lipinski definition) is 0. The third kappa shape index (κ3) is 1.92. The first kappa shape index (κ1) is 13.1. The van der Waals surface area contributed by atoms with Crippen molar-refractivity contribution >= 4 is 23.4 Å². The van der Waals surface area contributed by atoms with E-state index in [0.717, 1.165) is 11.3 Å². The topological polar surface area (TPSA) is 55.2 Å². The minimum atomic E-state index is -0.611. The van der Waals surface area contributed by atoms with E-state index in [1.54, 1.807) is 25.6 Å². The highest BCUT2D eigenvalue weighted by Gasteiger charge is 2.45. The fraction of sp³-hybridized carbons (Fsp3) is 0.583. The lowest BCUT2D eigenvalue weighted by atomic mass is 9.92. The molecule has 2 rings (SSSR count). The summed E-state index contributed by atoms with van der Waals surface area (Å²) >= 11 is 6.11. The van der Waals surface area contributed by atoms with Crippen LogP contribution < -0.4 is 0 Å². The van der Waals surface area contributed by atoms with Crippen LogP contribution in [0.15, 0.2) is 0 Å². The van der Waals surface area contributed by atoms with E-state index in [2.05, 4.69) is 5.10 Å². The molecule has 6 heteroatoms. The van der Waals surface area contributed by atoms with Crippen molar-refractivity contribution in [1.29, 1.82) is 0 Å². The van der Waals surface area contributed by atoms with Gasteiger partial charge in [-0.05, 0) is 6.92 Å². The van der Waals surface area contributed by atoms with Gasteiger partial charge in [0.25, 0.3) is 0 Å². The van der Waals surface area contributed by atoms with Crippen LogP contribution in [0.2, 0.25) is 5.15 Å². The van der Waals surface area contributed by atoms with E-state index in [0.29, 0.717) is 5.15 Å². The van der Waals surface area contributed by atoms with E-state index in [9.17, 15) is 9.59 Å². The van der Waals surface area contributed by atoms with Crippen molar-refractivity contribution in [3.05, 3.63) is 16.4 Å². The number of carbonyl (C=O) groups excluding carboxylic acids is 2. The highest BCUT2D eigenvalue weighted by molar-refractivity contribution is 6.30. The summed E-state index contributed by atoms with van der Waals surface area (Å²) < 4.78 is 1.54. The monoisotopic (exact) mass is 269 g/mol. The molecule has 0 spiro atoms. The molecule has 1 fully saturated rings. The predicted molar refractivity (Wildman–Crippen MR) is 66.9 cm³/mol. The lowest BCUT2D eigenvalue weighted by Crippen LogP contribution is -2.32. The zero-order chi connectivity index (χ0) is 13.7.